The predicted octanol–water partition coefficient (Wildman–Crippen LogP) is 1.14. The summed E-state index contributed by atoms with van der Waals surface area (Å²) in [4.78, 5) is 25.8. The Morgan fingerprint density at radius 1 is 1.12 bits per heavy atom. The van der Waals surface area contributed by atoms with Crippen molar-refractivity contribution in [3.8, 4) is 5.69 Å². The second kappa shape index (κ2) is 3.81. The molecule has 0 radical (unpaired) electrons. The largest absolute Gasteiger partial charge is 0.332 e. The quantitative estimate of drug-likeness (QED) is 0.777. The summed E-state index contributed by atoms with van der Waals surface area (Å²) in [6.45, 7) is 3.84. The van der Waals surface area contributed by atoms with Gasteiger partial charge in [0.15, 0.2) is 0 Å². The SMILES string of the molecule is Cc1cccc(-n2c(=O)cc[nH]c2=O)c1C. The summed E-state index contributed by atoms with van der Waals surface area (Å²) in [5.74, 6) is 0. The Kier molecular flexibility index (Phi) is 2.48. The zero-order valence-corrected chi connectivity index (χ0v) is 9.15. The second-order valence-electron chi connectivity index (χ2n) is 3.68. The zero-order chi connectivity index (χ0) is 11.7. The highest BCUT2D eigenvalue weighted by atomic mass is 16.2. The highest BCUT2D eigenvalue weighted by Crippen LogP contribution is 2.14. The van der Waals surface area contributed by atoms with Gasteiger partial charge in [-0.2, -0.15) is 0 Å². The van der Waals surface area contributed by atoms with Gasteiger partial charge in [-0.3, -0.25) is 4.79 Å². The standard InChI is InChI=1S/C12H12N2O2/c1-8-4-3-5-10(9(8)2)14-11(15)6-7-13-12(14)16/h3-7H,1-2H3,(H,13,16). The average molecular weight is 216 g/mol. The molecule has 4 nitrogen and oxygen atoms in total. The van der Waals surface area contributed by atoms with E-state index >= 15 is 0 Å². The van der Waals surface area contributed by atoms with Crippen molar-refractivity contribution in [1.29, 1.82) is 0 Å². The number of rotatable bonds is 1. The number of hydrogen-bond donors (Lipinski definition) is 1. The lowest BCUT2D eigenvalue weighted by Crippen LogP contribution is -2.32. The number of nitrogens with zero attached hydrogens (tertiary/aromatic N) is 1. The fraction of sp³-hybridized carbons (Fsp3) is 0.167. The van der Waals surface area contributed by atoms with Gasteiger partial charge in [0, 0.05) is 12.3 Å². The van der Waals surface area contributed by atoms with E-state index in [9.17, 15) is 9.59 Å². The number of aryl methyl sites for hydroxylation is 1. The fourth-order valence-corrected chi connectivity index (χ4v) is 1.63. The molecular weight excluding hydrogens is 204 g/mol. The van der Waals surface area contributed by atoms with Crippen LogP contribution in [0.4, 0.5) is 0 Å². The minimum absolute atomic E-state index is 0.322. The van der Waals surface area contributed by atoms with Crippen LogP contribution in [0.3, 0.4) is 0 Å². The van der Waals surface area contributed by atoms with Crippen LogP contribution in [0, 0.1) is 13.8 Å². The van der Waals surface area contributed by atoms with Gasteiger partial charge in [0.05, 0.1) is 5.69 Å². The molecule has 0 saturated carbocycles. The Morgan fingerprint density at radius 3 is 2.56 bits per heavy atom. The average Bonchev–Trinajstić information content (AvgIpc) is 2.24. The lowest BCUT2D eigenvalue weighted by atomic mass is 10.1. The van der Waals surface area contributed by atoms with Gasteiger partial charge < -0.3 is 4.98 Å². The first-order chi connectivity index (χ1) is 7.61. The molecule has 0 aliphatic carbocycles. The molecule has 0 atom stereocenters. The van der Waals surface area contributed by atoms with Crippen LogP contribution in [-0.2, 0) is 0 Å². The Morgan fingerprint density at radius 2 is 1.88 bits per heavy atom. The molecule has 0 bridgehead atoms. The van der Waals surface area contributed by atoms with Gasteiger partial charge in [-0.25, -0.2) is 9.36 Å². The minimum Gasteiger partial charge on any atom is -0.314 e. The molecule has 0 saturated heterocycles. The van der Waals surface area contributed by atoms with Crippen molar-refractivity contribution >= 4 is 0 Å². The normalized spacial score (nSPS) is 10.4. The van der Waals surface area contributed by atoms with Crippen LogP contribution < -0.4 is 11.2 Å². The second-order valence-corrected chi connectivity index (χ2v) is 3.68. The van der Waals surface area contributed by atoms with Gasteiger partial charge in [-0.05, 0) is 31.0 Å². The van der Waals surface area contributed by atoms with E-state index in [0.29, 0.717) is 5.69 Å². The van der Waals surface area contributed by atoms with Crippen LogP contribution in [-0.4, -0.2) is 9.55 Å². The third-order valence-electron chi connectivity index (χ3n) is 2.67. The van der Waals surface area contributed by atoms with Crippen LogP contribution in [0.5, 0.6) is 0 Å². The molecule has 2 aromatic rings. The van der Waals surface area contributed by atoms with E-state index in [1.54, 1.807) is 6.07 Å². The van der Waals surface area contributed by atoms with Crippen LogP contribution in [0.25, 0.3) is 5.69 Å². The number of benzene rings is 1. The van der Waals surface area contributed by atoms with Crippen LogP contribution in [0.15, 0.2) is 40.1 Å². The number of hydrogen-bond acceptors (Lipinski definition) is 2. The Bertz CT molecular complexity index is 610. The van der Waals surface area contributed by atoms with Crippen LogP contribution in [0.2, 0.25) is 0 Å². The number of nitrogens with one attached hydrogen (secondary N) is 1. The molecule has 1 aromatic heterocycles. The lowest BCUT2D eigenvalue weighted by molar-refractivity contribution is 0.867. The van der Waals surface area contributed by atoms with E-state index in [-0.39, 0.29) is 5.56 Å². The maximum absolute atomic E-state index is 11.6. The van der Waals surface area contributed by atoms with Crippen molar-refractivity contribution in [2.45, 2.75) is 13.8 Å². The fourth-order valence-electron chi connectivity index (χ4n) is 1.63. The van der Waals surface area contributed by atoms with Crippen molar-refractivity contribution < 1.29 is 0 Å². The van der Waals surface area contributed by atoms with E-state index in [2.05, 4.69) is 4.98 Å². The van der Waals surface area contributed by atoms with Gasteiger partial charge in [0.1, 0.15) is 0 Å². The first kappa shape index (κ1) is 10.4. The van der Waals surface area contributed by atoms with Crippen molar-refractivity contribution in [2.24, 2.45) is 0 Å². The van der Waals surface area contributed by atoms with E-state index in [0.717, 1.165) is 15.7 Å². The van der Waals surface area contributed by atoms with Gasteiger partial charge >= 0.3 is 5.69 Å². The topological polar surface area (TPSA) is 54.9 Å². The number of H-pyrrole nitrogens is 1. The molecule has 4 heteroatoms. The molecule has 16 heavy (non-hydrogen) atoms. The molecule has 1 N–H and O–H groups in total. The third-order valence-corrected chi connectivity index (χ3v) is 2.67. The van der Waals surface area contributed by atoms with E-state index in [1.165, 1.54) is 12.3 Å². The summed E-state index contributed by atoms with van der Waals surface area (Å²) in [5.41, 5.74) is 1.87. The first-order valence-corrected chi connectivity index (χ1v) is 4.98. The van der Waals surface area contributed by atoms with Gasteiger partial charge in [-0.1, -0.05) is 12.1 Å². The Labute approximate surface area is 92.2 Å². The third kappa shape index (κ3) is 1.58. The molecule has 0 fully saturated rings. The molecule has 0 spiro atoms. The molecule has 1 heterocycles. The molecule has 0 aliphatic heterocycles. The first-order valence-electron chi connectivity index (χ1n) is 4.98. The summed E-state index contributed by atoms with van der Waals surface area (Å²) in [6.07, 6.45) is 1.35. The van der Waals surface area contributed by atoms with Gasteiger partial charge in [0.25, 0.3) is 5.56 Å². The molecular formula is C12H12N2O2. The van der Waals surface area contributed by atoms with Crippen LogP contribution in [0.1, 0.15) is 11.1 Å². The van der Waals surface area contributed by atoms with E-state index < -0.39 is 5.69 Å². The summed E-state index contributed by atoms with van der Waals surface area (Å²) >= 11 is 0. The van der Waals surface area contributed by atoms with E-state index in [1.807, 2.05) is 26.0 Å². The summed E-state index contributed by atoms with van der Waals surface area (Å²) in [6, 6.07) is 6.87. The predicted molar refractivity (Wildman–Crippen MR) is 62.1 cm³/mol. The molecule has 82 valence electrons. The molecule has 0 aliphatic rings. The van der Waals surface area contributed by atoms with E-state index in [4.69, 9.17) is 0 Å². The number of aromatic nitrogens is 2. The Hall–Kier alpha value is -2.10. The molecule has 0 unspecified atom stereocenters. The molecule has 2 rings (SSSR count). The summed E-state index contributed by atoms with van der Waals surface area (Å²) in [5, 5.41) is 0. The summed E-state index contributed by atoms with van der Waals surface area (Å²) in [7, 11) is 0. The molecule has 0 amide bonds. The van der Waals surface area contributed by atoms with Crippen molar-refractivity contribution in [2.75, 3.05) is 0 Å². The maximum Gasteiger partial charge on any atom is 0.332 e. The smallest absolute Gasteiger partial charge is 0.314 e. The van der Waals surface area contributed by atoms with Crippen molar-refractivity contribution in [1.82, 2.24) is 9.55 Å². The molecule has 1 aromatic carbocycles. The maximum atomic E-state index is 11.6. The highest BCUT2D eigenvalue weighted by molar-refractivity contribution is 5.44. The lowest BCUT2D eigenvalue weighted by Gasteiger charge is -2.09. The van der Waals surface area contributed by atoms with Crippen molar-refractivity contribution in [3.63, 3.8) is 0 Å². The zero-order valence-electron chi connectivity index (χ0n) is 9.15. The van der Waals surface area contributed by atoms with Gasteiger partial charge in [-0.15, -0.1) is 0 Å². The number of aromatic amines is 1. The monoisotopic (exact) mass is 216 g/mol. The minimum atomic E-state index is -0.416. The highest BCUT2D eigenvalue weighted by Gasteiger charge is 2.07. The van der Waals surface area contributed by atoms with Crippen LogP contribution >= 0.6 is 0 Å². The van der Waals surface area contributed by atoms with Gasteiger partial charge in [0.2, 0.25) is 0 Å². The summed E-state index contributed by atoms with van der Waals surface area (Å²) < 4.78 is 1.14. The van der Waals surface area contributed by atoms with Crippen molar-refractivity contribution in [3.05, 3.63) is 62.4 Å². The Balaban J connectivity index is 2.83.